The Kier molecular flexibility index (Phi) is 7.90. The standard InChI is InChI=1S/C21H30O5S/c1-4-6-7-11-14-18-19(26-16(3)20(18)21(22)25-5-2)15-27(23,24)17-12-9-8-10-13-17/h8-10,12-13,18-19H,4-7,11,14-15H2,1-3H3/t18-,19-/m1/s1. The molecule has 0 saturated heterocycles. The van der Waals surface area contributed by atoms with Crippen LogP contribution in [0, 0.1) is 5.92 Å². The number of hydrogen-bond donors (Lipinski definition) is 0. The third-order valence-corrected chi connectivity index (χ3v) is 6.63. The molecule has 0 unspecified atom stereocenters. The molecule has 1 heterocycles. The molecule has 0 amide bonds. The molecule has 2 atom stereocenters. The van der Waals surface area contributed by atoms with Crippen molar-refractivity contribution >= 4 is 15.8 Å². The summed E-state index contributed by atoms with van der Waals surface area (Å²) in [6.45, 7) is 5.91. The highest BCUT2D eigenvalue weighted by molar-refractivity contribution is 7.91. The summed E-state index contributed by atoms with van der Waals surface area (Å²) in [5, 5.41) is 0. The monoisotopic (exact) mass is 394 g/mol. The number of allylic oxidation sites excluding steroid dienone is 1. The van der Waals surface area contributed by atoms with Gasteiger partial charge < -0.3 is 9.47 Å². The van der Waals surface area contributed by atoms with Gasteiger partial charge in [-0.3, -0.25) is 0 Å². The van der Waals surface area contributed by atoms with Crippen LogP contribution >= 0.6 is 0 Å². The molecule has 2 rings (SSSR count). The van der Waals surface area contributed by atoms with E-state index in [4.69, 9.17) is 9.47 Å². The van der Waals surface area contributed by atoms with Crippen LogP contribution in [0.2, 0.25) is 0 Å². The van der Waals surface area contributed by atoms with Gasteiger partial charge in [-0.1, -0.05) is 50.8 Å². The lowest BCUT2D eigenvalue weighted by atomic mass is 9.89. The third-order valence-electron chi connectivity index (χ3n) is 4.88. The summed E-state index contributed by atoms with van der Waals surface area (Å²) in [5.74, 6) is -0.299. The van der Waals surface area contributed by atoms with Crippen molar-refractivity contribution in [1.29, 1.82) is 0 Å². The maximum absolute atomic E-state index is 12.8. The zero-order valence-electron chi connectivity index (χ0n) is 16.4. The summed E-state index contributed by atoms with van der Waals surface area (Å²) in [6.07, 6.45) is 4.39. The first-order valence-corrected chi connectivity index (χ1v) is 11.4. The van der Waals surface area contributed by atoms with Gasteiger partial charge in [-0.2, -0.15) is 0 Å². The molecule has 0 saturated carbocycles. The molecule has 0 N–H and O–H groups in total. The van der Waals surface area contributed by atoms with E-state index in [2.05, 4.69) is 6.92 Å². The Morgan fingerprint density at radius 3 is 2.44 bits per heavy atom. The molecule has 0 aromatic heterocycles. The molecule has 0 fully saturated rings. The largest absolute Gasteiger partial charge is 0.493 e. The fourth-order valence-electron chi connectivity index (χ4n) is 3.54. The Morgan fingerprint density at radius 2 is 1.81 bits per heavy atom. The fraction of sp³-hybridized carbons (Fsp3) is 0.571. The lowest BCUT2D eigenvalue weighted by Gasteiger charge is -2.21. The number of carbonyl (C=O) groups excluding carboxylic acids is 1. The predicted octanol–water partition coefficient (Wildman–Crippen LogP) is 4.28. The molecular weight excluding hydrogens is 364 g/mol. The Labute approximate surface area is 162 Å². The Morgan fingerprint density at radius 1 is 1.11 bits per heavy atom. The Bertz CT molecular complexity index is 752. The van der Waals surface area contributed by atoms with Gasteiger partial charge in [-0.05, 0) is 32.4 Å². The van der Waals surface area contributed by atoms with E-state index in [9.17, 15) is 13.2 Å². The van der Waals surface area contributed by atoms with E-state index >= 15 is 0 Å². The first-order chi connectivity index (χ1) is 12.9. The smallest absolute Gasteiger partial charge is 0.337 e. The van der Waals surface area contributed by atoms with Crippen LogP contribution in [0.5, 0.6) is 0 Å². The van der Waals surface area contributed by atoms with E-state index in [-0.39, 0.29) is 23.2 Å². The molecule has 1 aliphatic heterocycles. The van der Waals surface area contributed by atoms with Crippen molar-refractivity contribution in [3.8, 4) is 0 Å². The molecule has 0 aliphatic carbocycles. The number of esters is 1. The van der Waals surface area contributed by atoms with E-state index < -0.39 is 21.9 Å². The molecule has 5 nitrogen and oxygen atoms in total. The highest BCUT2D eigenvalue weighted by Gasteiger charge is 2.41. The molecule has 150 valence electrons. The molecule has 0 radical (unpaired) electrons. The summed E-state index contributed by atoms with van der Waals surface area (Å²) < 4.78 is 36.7. The Hall–Kier alpha value is -1.82. The molecule has 1 aliphatic rings. The number of sulfone groups is 1. The van der Waals surface area contributed by atoms with Gasteiger partial charge in [-0.15, -0.1) is 0 Å². The average Bonchev–Trinajstić information content (AvgIpc) is 2.94. The van der Waals surface area contributed by atoms with Crippen molar-refractivity contribution < 1.29 is 22.7 Å². The van der Waals surface area contributed by atoms with Crippen molar-refractivity contribution in [1.82, 2.24) is 0 Å². The van der Waals surface area contributed by atoms with Crippen molar-refractivity contribution in [3.63, 3.8) is 0 Å². The van der Waals surface area contributed by atoms with Gasteiger partial charge in [-0.25, -0.2) is 13.2 Å². The fourth-order valence-corrected chi connectivity index (χ4v) is 5.03. The molecule has 1 aromatic rings. The van der Waals surface area contributed by atoms with Crippen LogP contribution in [0.25, 0.3) is 0 Å². The number of unbranched alkanes of at least 4 members (excludes halogenated alkanes) is 3. The summed E-state index contributed by atoms with van der Waals surface area (Å²) in [7, 11) is -3.50. The molecule has 1 aromatic carbocycles. The number of hydrogen-bond acceptors (Lipinski definition) is 5. The summed E-state index contributed by atoms with van der Waals surface area (Å²) >= 11 is 0. The van der Waals surface area contributed by atoms with Crippen molar-refractivity contribution in [2.75, 3.05) is 12.4 Å². The van der Waals surface area contributed by atoms with Gasteiger partial charge in [0, 0.05) is 5.92 Å². The zero-order chi connectivity index (χ0) is 19.9. The van der Waals surface area contributed by atoms with Crippen LogP contribution in [0.3, 0.4) is 0 Å². The normalized spacial score (nSPS) is 19.8. The van der Waals surface area contributed by atoms with Gasteiger partial charge in [0.15, 0.2) is 9.84 Å². The minimum Gasteiger partial charge on any atom is -0.493 e. The van der Waals surface area contributed by atoms with Crippen LogP contribution in [0.4, 0.5) is 0 Å². The molecule has 0 spiro atoms. The maximum Gasteiger partial charge on any atom is 0.337 e. The minimum atomic E-state index is -3.50. The second-order valence-electron chi connectivity index (χ2n) is 6.90. The SMILES string of the molecule is CCCCCC[C@H]1C(C(=O)OCC)=C(C)O[C@@H]1CS(=O)(=O)c1ccccc1. The summed E-state index contributed by atoms with van der Waals surface area (Å²) in [6, 6.07) is 8.38. The van der Waals surface area contributed by atoms with Crippen LogP contribution in [0.15, 0.2) is 46.6 Å². The molecule has 27 heavy (non-hydrogen) atoms. The lowest BCUT2D eigenvalue weighted by Crippen LogP contribution is -2.30. The van der Waals surface area contributed by atoms with E-state index in [1.165, 1.54) is 0 Å². The Balaban J connectivity index is 2.20. The van der Waals surface area contributed by atoms with Gasteiger partial charge >= 0.3 is 5.97 Å². The van der Waals surface area contributed by atoms with E-state index in [0.29, 0.717) is 11.3 Å². The molecule has 6 heteroatoms. The van der Waals surface area contributed by atoms with Gasteiger partial charge in [0.2, 0.25) is 0 Å². The van der Waals surface area contributed by atoms with Crippen molar-refractivity contribution in [2.24, 2.45) is 5.92 Å². The number of benzene rings is 1. The van der Waals surface area contributed by atoms with Crippen LogP contribution in [0.1, 0.15) is 52.9 Å². The van der Waals surface area contributed by atoms with Gasteiger partial charge in [0.05, 0.1) is 22.8 Å². The summed E-state index contributed by atoms with van der Waals surface area (Å²) in [4.78, 5) is 12.7. The van der Waals surface area contributed by atoms with Crippen LogP contribution in [-0.4, -0.2) is 32.9 Å². The van der Waals surface area contributed by atoms with Gasteiger partial charge in [0.1, 0.15) is 11.9 Å². The quantitative estimate of drug-likeness (QED) is 0.437. The van der Waals surface area contributed by atoms with Crippen molar-refractivity contribution in [3.05, 3.63) is 41.7 Å². The van der Waals surface area contributed by atoms with Crippen LogP contribution in [-0.2, 0) is 24.1 Å². The van der Waals surface area contributed by atoms with Gasteiger partial charge in [0.25, 0.3) is 0 Å². The second kappa shape index (κ2) is 9.93. The number of ether oxygens (including phenoxy) is 2. The highest BCUT2D eigenvalue weighted by Crippen LogP contribution is 2.37. The lowest BCUT2D eigenvalue weighted by molar-refractivity contribution is -0.139. The molecule has 0 bridgehead atoms. The van der Waals surface area contributed by atoms with E-state index in [1.54, 1.807) is 44.2 Å². The third kappa shape index (κ3) is 5.58. The number of rotatable bonds is 10. The summed E-state index contributed by atoms with van der Waals surface area (Å²) in [5.41, 5.74) is 0.501. The topological polar surface area (TPSA) is 69.7 Å². The zero-order valence-corrected chi connectivity index (χ0v) is 17.3. The van der Waals surface area contributed by atoms with E-state index in [1.807, 2.05) is 0 Å². The predicted molar refractivity (Wildman–Crippen MR) is 105 cm³/mol. The van der Waals surface area contributed by atoms with Crippen LogP contribution < -0.4 is 0 Å². The average molecular weight is 395 g/mol. The number of carbonyl (C=O) groups is 1. The first-order valence-electron chi connectivity index (χ1n) is 9.73. The molecular formula is C21H30O5S. The van der Waals surface area contributed by atoms with Crippen molar-refractivity contribution in [2.45, 2.75) is 63.9 Å². The minimum absolute atomic E-state index is 0.143. The maximum atomic E-state index is 12.8. The second-order valence-corrected chi connectivity index (χ2v) is 8.93. The first kappa shape index (κ1) is 21.5. The highest BCUT2D eigenvalue weighted by atomic mass is 32.2. The van der Waals surface area contributed by atoms with E-state index in [0.717, 1.165) is 32.1 Å².